The molecule has 2 heterocycles. The Kier molecular flexibility index (Phi) is 6.32. The lowest BCUT2D eigenvalue weighted by Crippen LogP contribution is -2.56. The molecule has 0 aromatic heterocycles. The third kappa shape index (κ3) is 4.78. The number of para-hydroxylation sites is 1. The summed E-state index contributed by atoms with van der Waals surface area (Å²) in [4.78, 5) is 27.8. The maximum Gasteiger partial charge on any atom is 0.547 e. The molecule has 1 atom stereocenters. The standard InChI is InChI=1S/C17H24BN3O6/c22-9-8-20-4-6-21(7-5-20)11-15(23)19-14-10-12-2-1-3-13(17(24)25)16(12)27-18(14)26/h1-3,14,22,26H,4-11H2,(H,19,23)(H,24,25). The number of carboxylic acid groups (broad SMARTS) is 1. The largest absolute Gasteiger partial charge is 0.547 e. The summed E-state index contributed by atoms with van der Waals surface area (Å²) in [6.07, 6.45) is 0.299. The molecule has 0 spiro atoms. The Bertz CT molecular complexity index is 695. The Balaban J connectivity index is 1.55. The van der Waals surface area contributed by atoms with E-state index in [-0.39, 0.29) is 30.4 Å². The van der Waals surface area contributed by atoms with Crippen LogP contribution in [0.5, 0.6) is 5.75 Å². The first-order chi connectivity index (χ1) is 13.0. The minimum absolute atomic E-state index is 0.00271. The predicted octanol–water partition coefficient (Wildman–Crippen LogP) is -1.57. The van der Waals surface area contributed by atoms with E-state index in [4.69, 9.17) is 9.76 Å². The molecule has 1 aromatic rings. The highest BCUT2D eigenvalue weighted by molar-refractivity contribution is 6.47. The monoisotopic (exact) mass is 377 g/mol. The van der Waals surface area contributed by atoms with Crippen LogP contribution in [0.15, 0.2) is 18.2 Å². The van der Waals surface area contributed by atoms with Gasteiger partial charge in [-0.05, 0) is 18.1 Å². The molecular formula is C17H24BN3O6. The van der Waals surface area contributed by atoms with Crippen molar-refractivity contribution in [3.05, 3.63) is 29.3 Å². The number of amides is 1. The van der Waals surface area contributed by atoms with Crippen LogP contribution in [0, 0.1) is 0 Å². The number of aromatic carboxylic acids is 1. The quantitative estimate of drug-likeness (QED) is 0.439. The first-order valence-corrected chi connectivity index (χ1v) is 9.02. The second kappa shape index (κ2) is 8.70. The fourth-order valence-corrected chi connectivity index (χ4v) is 3.48. The molecular weight excluding hydrogens is 353 g/mol. The van der Waals surface area contributed by atoms with Gasteiger partial charge in [-0.1, -0.05) is 12.1 Å². The number of β-amino-alcohol motifs (C(OH)–C–C–N with tert-alkyl or cyclic N) is 1. The molecule has 1 saturated heterocycles. The normalized spacial score (nSPS) is 20.7. The molecule has 0 aliphatic carbocycles. The SMILES string of the molecule is O=C(CN1CCN(CCO)CC1)NC1Cc2cccc(C(=O)O)c2OB1O. The van der Waals surface area contributed by atoms with E-state index < -0.39 is 19.0 Å². The van der Waals surface area contributed by atoms with Crippen LogP contribution in [0.25, 0.3) is 0 Å². The molecule has 4 N–H and O–H groups in total. The number of carboxylic acids is 1. The number of piperazine rings is 1. The highest BCUT2D eigenvalue weighted by Gasteiger charge is 2.37. The number of carbonyl (C=O) groups is 2. The Morgan fingerprint density at radius 2 is 1.93 bits per heavy atom. The highest BCUT2D eigenvalue weighted by atomic mass is 16.5. The van der Waals surface area contributed by atoms with E-state index in [0.717, 1.165) is 26.2 Å². The van der Waals surface area contributed by atoms with Crippen molar-refractivity contribution in [2.75, 3.05) is 45.9 Å². The lowest BCUT2D eigenvalue weighted by Gasteiger charge is -2.34. The number of aliphatic hydroxyl groups excluding tert-OH is 1. The Labute approximate surface area is 157 Å². The van der Waals surface area contributed by atoms with Crippen molar-refractivity contribution in [3.63, 3.8) is 0 Å². The summed E-state index contributed by atoms with van der Waals surface area (Å²) in [5.41, 5.74) is 0.639. The zero-order valence-corrected chi connectivity index (χ0v) is 15.0. The molecule has 0 radical (unpaired) electrons. The van der Waals surface area contributed by atoms with Gasteiger partial charge in [0.05, 0.1) is 24.7 Å². The number of nitrogens with zero attached hydrogens (tertiary/aromatic N) is 2. The first kappa shape index (κ1) is 19.6. The third-order valence-corrected chi connectivity index (χ3v) is 4.94. The molecule has 1 fully saturated rings. The summed E-state index contributed by atoms with van der Waals surface area (Å²) >= 11 is 0. The molecule has 146 valence electrons. The van der Waals surface area contributed by atoms with Gasteiger partial charge in [-0.15, -0.1) is 0 Å². The highest BCUT2D eigenvalue weighted by Crippen LogP contribution is 2.30. The van der Waals surface area contributed by atoms with Crippen molar-refractivity contribution in [1.29, 1.82) is 0 Å². The van der Waals surface area contributed by atoms with E-state index in [2.05, 4.69) is 10.2 Å². The van der Waals surface area contributed by atoms with E-state index >= 15 is 0 Å². The number of carbonyl (C=O) groups excluding carboxylic acids is 1. The van der Waals surface area contributed by atoms with Crippen LogP contribution in [0.4, 0.5) is 0 Å². The lowest BCUT2D eigenvalue weighted by molar-refractivity contribution is -0.123. The minimum Gasteiger partial charge on any atom is -0.534 e. The summed E-state index contributed by atoms with van der Waals surface area (Å²) in [6, 6.07) is 4.77. The van der Waals surface area contributed by atoms with Gasteiger partial charge in [-0.25, -0.2) is 4.79 Å². The molecule has 0 bridgehead atoms. The third-order valence-electron chi connectivity index (χ3n) is 4.94. The summed E-state index contributed by atoms with van der Waals surface area (Å²) in [5, 5.41) is 31.2. The van der Waals surface area contributed by atoms with Crippen LogP contribution in [-0.4, -0.2) is 95.8 Å². The first-order valence-electron chi connectivity index (χ1n) is 9.02. The van der Waals surface area contributed by atoms with Gasteiger partial charge in [0.25, 0.3) is 0 Å². The van der Waals surface area contributed by atoms with Crippen LogP contribution in [0.2, 0.25) is 0 Å². The van der Waals surface area contributed by atoms with Crippen molar-refractivity contribution in [1.82, 2.24) is 15.1 Å². The molecule has 9 nitrogen and oxygen atoms in total. The smallest absolute Gasteiger partial charge is 0.534 e. The number of fused-ring (bicyclic) bond motifs is 1. The molecule has 1 unspecified atom stereocenters. The fourth-order valence-electron chi connectivity index (χ4n) is 3.48. The summed E-state index contributed by atoms with van der Waals surface area (Å²) in [5.74, 6) is -1.81. The van der Waals surface area contributed by atoms with Crippen LogP contribution < -0.4 is 9.97 Å². The Morgan fingerprint density at radius 3 is 2.59 bits per heavy atom. The van der Waals surface area contributed by atoms with Crippen molar-refractivity contribution in [3.8, 4) is 5.75 Å². The summed E-state index contributed by atoms with van der Waals surface area (Å²) in [6.45, 7) is 4.07. The van der Waals surface area contributed by atoms with Crippen molar-refractivity contribution < 1.29 is 29.5 Å². The number of nitrogens with one attached hydrogen (secondary N) is 1. The maximum atomic E-state index is 12.4. The number of hydrogen-bond acceptors (Lipinski definition) is 7. The molecule has 10 heteroatoms. The van der Waals surface area contributed by atoms with E-state index in [9.17, 15) is 19.7 Å². The zero-order chi connectivity index (χ0) is 19.4. The average Bonchev–Trinajstić information content (AvgIpc) is 2.63. The van der Waals surface area contributed by atoms with Crippen LogP contribution in [0.3, 0.4) is 0 Å². The van der Waals surface area contributed by atoms with Gasteiger partial charge in [0.2, 0.25) is 5.91 Å². The number of benzene rings is 1. The van der Waals surface area contributed by atoms with Crippen LogP contribution >= 0.6 is 0 Å². The van der Waals surface area contributed by atoms with E-state index in [1.807, 2.05) is 4.90 Å². The number of rotatable bonds is 6. The van der Waals surface area contributed by atoms with Gasteiger partial charge in [-0.2, -0.15) is 0 Å². The minimum atomic E-state index is -1.30. The molecule has 2 aliphatic heterocycles. The van der Waals surface area contributed by atoms with Gasteiger partial charge >= 0.3 is 13.1 Å². The average molecular weight is 377 g/mol. The second-order valence-electron chi connectivity index (χ2n) is 6.83. The molecule has 3 rings (SSSR count). The van der Waals surface area contributed by atoms with Crippen LogP contribution in [-0.2, 0) is 11.2 Å². The second-order valence-corrected chi connectivity index (χ2v) is 6.83. The molecule has 27 heavy (non-hydrogen) atoms. The molecule has 1 aromatic carbocycles. The van der Waals surface area contributed by atoms with Gasteiger partial charge in [-0.3, -0.25) is 14.6 Å². The zero-order valence-electron chi connectivity index (χ0n) is 15.0. The van der Waals surface area contributed by atoms with Crippen molar-refractivity contribution in [2.45, 2.75) is 12.4 Å². The molecule has 0 saturated carbocycles. The van der Waals surface area contributed by atoms with Crippen molar-refractivity contribution >= 4 is 19.0 Å². The van der Waals surface area contributed by atoms with Gasteiger partial charge < -0.3 is 25.2 Å². The topological polar surface area (TPSA) is 123 Å². The Hall–Kier alpha value is -2.14. The van der Waals surface area contributed by atoms with Gasteiger partial charge in [0, 0.05) is 32.7 Å². The van der Waals surface area contributed by atoms with E-state index in [1.165, 1.54) is 6.07 Å². The van der Waals surface area contributed by atoms with E-state index in [0.29, 0.717) is 18.5 Å². The number of hydrogen-bond donors (Lipinski definition) is 4. The fraction of sp³-hybridized carbons (Fsp3) is 0.529. The summed E-state index contributed by atoms with van der Waals surface area (Å²) in [7, 11) is -1.30. The molecule has 2 aliphatic rings. The summed E-state index contributed by atoms with van der Waals surface area (Å²) < 4.78 is 5.38. The number of aliphatic hydroxyl groups is 1. The Morgan fingerprint density at radius 1 is 1.22 bits per heavy atom. The van der Waals surface area contributed by atoms with Gasteiger partial charge in [0.1, 0.15) is 5.75 Å². The van der Waals surface area contributed by atoms with Crippen molar-refractivity contribution in [2.24, 2.45) is 0 Å². The maximum absolute atomic E-state index is 12.4. The lowest BCUT2D eigenvalue weighted by atomic mass is 9.72. The predicted molar refractivity (Wildman–Crippen MR) is 97.6 cm³/mol. The van der Waals surface area contributed by atoms with E-state index in [1.54, 1.807) is 12.1 Å². The van der Waals surface area contributed by atoms with Gasteiger partial charge in [0.15, 0.2) is 0 Å². The van der Waals surface area contributed by atoms with Crippen LogP contribution in [0.1, 0.15) is 15.9 Å². The molecule has 1 amide bonds.